The molecule has 0 aromatic rings. The molecule has 0 heteroatoms. The standard InChI is InChI=1S/C20H36/c1-5-8-11-20(7-3)17(6-2)13-16-12-15(16)9-10-18-14-19(18,20)4/h15-18H,5-14H2,1-4H3. The Balaban J connectivity index is 1.89. The highest BCUT2D eigenvalue weighted by Gasteiger charge is 2.64. The Hall–Kier alpha value is 0. The van der Waals surface area contributed by atoms with Crippen LogP contribution in [0, 0.1) is 34.5 Å². The van der Waals surface area contributed by atoms with Gasteiger partial charge in [-0.25, -0.2) is 0 Å². The highest BCUT2D eigenvalue weighted by atomic mass is 14.7. The van der Waals surface area contributed by atoms with Gasteiger partial charge in [0.05, 0.1) is 0 Å². The topological polar surface area (TPSA) is 0 Å². The summed E-state index contributed by atoms with van der Waals surface area (Å²) in [5.74, 6) is 4.34. The van der Waals surface area contributed by atoms with E-state index in [9.17, 15) is 0 Å². The van der Waals surface area contributed by atoms with Gasteiger partial charge in [-0.2, -0.15) is 0 Å². The van der Waals surface area contributed by atoms with Crippen LogP contribution in [0.15, 0.2) is 0 Å². The first-order chi connectivity index (χ1) is 9.61. The number of rotatable bonds is 5. The van der Waals surface area contributed by atoms with Crippen LogP contribution in [-0.2, 0) is 0 Å². The molecule has 0 aliphatic heterocycles. The molecule has 3 aliphatic rings. The van der Waals surface area contributed by atoms with Crippen LogP contribution in [0.1, 0.15) is 91.9 Å². The summed E-state index contributed by atoms with van der Waals surface area (Å²) >= 11 is 0. The van der Waals surface area contributed by atoms with Gasteiger partial charge in [0, 0.05) is 0 Å². The summed E-state index contributed by atoms with van der Waals surface area (Å²) < 4.78 is 0. The summed E-state index contributed by atoms with van der Waals surface area (Å²) in [5.41, 5.74) is 1.38. The third kappa shape index (κ3) is 2.17. The predicted octanol–water partition coefficient (Wildman–Crippen LogP) is 6.45. The highest BCUT2D eigenvalue weighted by Crippen LogP contribution is 2.73. The Morgan fingerprint density at radius 3 is 2.45 bits per heavy atom. The first kappa shape index (κ1) is 14.9. The van der Waals surface area contributed by atoms with Gasteiger partial charge in [-0.15, -0.1) is 0 Å². The molecule has 3 fully saturated rings. The van der Waals surface area contributed by atoms with E-state index in [0.29, 0.717) is 10.8 Å². The van der Waals surface area contributed by atoms with Crippen molar-refractivity contribution in [2.45, 2.75) is 91.9 Å². The van der Waals surface area contributed by atoms with Crippen LogP contribution in [0.25, 0.3) is 0 Å². The maximum absolute atomic E-state index is 2.68. The van der Waals surface area contributed by atoms with E-state index >= 15 is 0 Å². The van der Waals surface area contributed by atoms with Crippen LogP contribution in [0.3, 0.4) is 0 Å². The number of fused-ring (bicyclic) bond motifs is 2. The summed E-state index contributed by atoms with van der Waals surface area (Å²) in [7, 11) is 0. The maximum atomic E-state index is 2.68. The Kier molecular flexibility index (Phi) is 3.97. The molecule has 0 N–H and O–H groups in total. The summed E-state index contributed by atoms with van der Waals surface area (Å²) in [6.45, 7) is 10.1. The third-order valence-electron chi connectivity index (χ3n) is 7.97. The van der Waals surface area contributed by atoms with Crippen molar-refractivity contribution in [3.05, 3.63) is 0 Å². The summed E-state index contributed by atoms with van der Waals surface area (Å²) in [6, 6.07) is 0. The van der Waals surface area contributed by atoms with Crippen LogP contribution < -0.4 is 0 Å². The van der Waals surface area contributed by atoms with Crippen molar-refractivity contribution < 1.29 is 0 Å². The van der Waals surface area contributed by atoms with Gasteiger partial charge >= 0.3 is 0 Å². The molecule has 3 saturated carbocycles. The van der Waals surface area contributed by atoms with Gasteiger partial charge in [0.25, 0.3) is 0 Å². The van der Waals surface area contributed by atoms with Crippen LogP contribution in [0.2, 0.25) is 0 Å². The van der Waals surface area contributed by atoms with Gasteiger partial charge in [0.15, 0.2) is 0 Å². The Bertz CT molecular complexity index is 346. The minimum absolute atomic E-state index is 0.680. The van der Waals surface area contributed by atoms with Crippen LogP contribution in [0.5, 0.6) is 0 Å². The van der Waals surface area contributed by atoms with E-state index in [2.05, 4.69) is 27.7 Å². The van der Waals surface area contributed by atoms with Crippen molar-refractivity contribution in [1.82, 2.24) is 0 Å². The van der Waals surface area contributed by atoms with E-state index in [0.717, 1.165) is 23.7 Å². The lowest BCUT2D eigenvalue weighted by Gasteiger charge is -2.47. The maximum Gasteiger partial charge on any atom is -0.0215 e. The molecule has 0 aromatic carbocycles. The molecule has 116 valence electrons. The highest BCUT2D eigenvalue weighted by molar-refractivity contribution is 5.13. The summed E-state index contributed by atoms with van der Waals surface area (Å²) in [4.78, 5) is 0. The average molecular weight is 277 g/mol. The fourth-order valence-electron chi connectivity index (χ4n) is 6.32. The van der Waals surface area contributed by atoms with Gasteiger partial charge in [-0.1, -0.05) is 47.0 Å². The normalized spacial score (nSPS) is 50.4. The van der Waals surface area contributed by atoms with Crippen LogP contribution in [0.4, 0.5) is 0 Å². The van der Waals surface area contributed by atoms with Gasteiger partial charge in [-0.05, 0) is 79.4 Å². The fourth-order valence-corrected chi connectivity index (χ4v) is 6.32. The zero-order valence-corrected chi connectivity index (χ0v) is 14.4. The van der Waals surface area contributed by atoms with E-state index in [1.165, 1.54) is 32.1 Å². The van der Waals surface area contributed by atoms with Crippen LogP contribution >= 0.6 is 0 Å². The Labute approximate surface area is 127 Å². The van der Waals surface area contributed by atoms with Gasteiger partial charge in [0.1, 0.15) is 0 Å². The van der Waals surface area contributed by atoms with E-state index in [1.807, 2.05) is 0 Å². The fraction of sp³-hybridized carbons (Fsp3) is 1.00. The second-order valence-corrected chi connectivity index (χ2v) is 8.61. The van der Waals surface area contributed by atoms with E-state index < -0.39 is 0 Å². The van der Waals surface area contributed by atoms with Crippen molar-refractivity contribution in [3.63, 3.8) is 0 Å². The minimum Gasteiger partial charge on any atom is -0.0654 e. The zero-order chi connectivity index (χ0) is 14.4. The largest absolute Gasteiger partial charge is 0.0654 e. The molecule has 0 bridgehead atoms. The molecular weight excluding hydrogens is 240 g/mol. The lowest BCUT2D eigenvalue weighted by Crippen LogP contribution is -2.39. The smallest absolute Gasteiger partial charge is 0.0215 e. The summed E-state index contributed by atoms with van der Waals surface area (Å²) in [6.07, 6.45) is 15.1. The monoisotopic (exact) mass is 276 g/mol. The molecule has 0 spiro atoms. The number of hydrogen-bond acceptors (Lipinski definition) is 0. The lowest BCUT2D eigenvalue weighted by molar-refractivity contribution is 0.0210. The average Bonchev–Trinajstić information content (AvgIpc) is 3.33. The van der Waals surface area contributed by atoms with Crippen LogP contribution in [-0.4, -0.2) is 0 Å². The molecule has 3 aliphatic carbocycles. The van der Waals surface area contributed by atoms with Crippen molar-refractivity contribution in [3.8, 4) is 0 Å². The molecule has 6 unspecified atom stereocenters. The molecule has 0 amide bonds. The second kappa shape index (κ2) is 5.33. The first-order valence-corrected chi connectivity index (χ1v) is 9.61. The molecular formula is C20H36. The van der Waals surface area contributed by atoms with Crippen molar-refractivity contribution in [1.29, 1.82) is 0 Å². The second-order valence-electron chi connectivity index (χ2n) is 8.61. The van der Waals surface area contributed by atoms with Gasteiger partial charge in [0.2, 0.25) is 0 Å². The van der Waals surface area contributed by atoms with E-state index in [1.54, 1.807) is 32.1 Å². The molecule has 0 aromatic heterocycles. The summed E-state index contributed by atoms with van der Waals surface area (Å²) in [5, 5.41) is 0. The predicted molar refractivity (Wildman–Crippen MR) is 87.7 cm³/mol. The molecule has 20 heavy (non-hydrogen) atoms. The van der Waals surface area contributed by atoms with Crippen molar-refractivity contribution in [2.24, 2.45) is 34.5 Å². The molecule has 6 atom stereocenters. The number of hydrogen-bond donors (Lipinski definition) is 0. The van der Waals surface area contributed by atoms with E-state index in [4.69, 9.17) is 0 Å². The zero-order valence-electron chi connectivity index (χ0n) is 14.4. The lowest BCUT2D eigenvalue weighted by atomic mass is 9.58. The molecule has 0 nitrogen and oxygen atoms in total. The Morgan fingerprint density at radius 1 is 1.00 bits per heavy atom. The minimum atomic E-state index is 0.680. The SMILES string of the molecule is CCCCC1(CC)C(CC)CC2CC2CCC2CC21C. The number of unbranched alkanes of at least 4 members (excludes halogenated alkanes) is 1. The van der Waals surface area contributed by atoms with Crippen molar-refractivity contribution in [2.75, 3.05) is 0 Å². The molecule has 3 rings (SSSR count). The quantitative estimate of drug-likeness (QED) is 0.541. The molecule has 0 radical (unpaired) electrons. The Morgan fingerprint density at radius 2 is 1.80 bits per heavy atom. The first-order valence-electron chi connectivity index (χ1n) is 9.61. The van der Waals surface area contributed by atoms with Gasteiger partial charge in [-0.3, -0.25) is 0 Å². The molecule has 0 heterocycles. The van der Waals surface area contributed by atoms with Crippen molar-refractivity contribution >= 4 is 0 Å². The third-order valence-corrected chi connectivity index (χ3v) is 7.97. The van der Waals surface area contributed by atoms with E-state index in [-0.39, 0.29) is 0 Å². The molecule has 0 saturated heterocycles. The van der Waals surface area contributed by atoms with Gasteiger partial charge < -0.3 is 0 Å².